The average Bonchev–Trinajstić information content (AvgIpc) is 2.87. The third kappa shape index (κ3) is 4.36. The molecule has 21 heavy (non-hydrogen) atoms. The summed E-state index contributed by atoms with van der Waals surface area (Å²) in [5.74, 6) is 1.34. The topological polar surface area (TPSA) is 63.8 Å². The molecular weight excluding hydrogens is 264 g/mol. The lowest BCUT2D eigenvalue weighted by molar-refractivity contribution is 0.352. The van der Waals surface area contributed by atoms with Gasteiger partial charge >= 0.3 is 0 Å². The van der Waals surface area contributed by atoms with Crippen molar-refractivity contribution in [1.82, 2.24) is 20.4 Å². The van der Waals surface area contributed by atoms with Crippen LogP contribution in [0.15, 0.2) is 16.7 Å². The molecule has 1 N–H and O–H groups in total. The minimum absolute atomic E-state index is 0.397. The highest BCUT2D eigenvalue weighted by atomic mass is 16.5. The molecule has 0 bridgehead atoms. The first kappa shape index (κ1) is 15.6. The first-order valence-corrected chi connectivity index (χ1v) is 7.64. The van der Waals surface area contributed by atoms with Crippen LogP contribution in [0.4, 0.5) is 0 Å². The Labute approximate surface area is 126 Å². The van der Waals surface area contributed by atoms with E-state index >= 15 is 0 Å². The summed E-state index contributed by atoms with van der Waals surface area (Å²) in [6.45, 7) is 9.20. The van der Waals surface area contributed by atoms with E-state index in [0.29, 0.717) is 17.8 Å². The molecule has 2 aromatic rings. The number of hydrogen-bond donors (Lipinski definition) is 1. The standard InChI is InChI=1S/C16H24N4O/c1-5-7-14(17-6-2)10-15-19-16(20-21-15)13-8-11(3)18-12(4)9-13/h8-9,14,17H,5-7,10H2,1-4H3. The van der Waals surface area contributed by atoms with Gasteiger partial charge in [0.2, 0.25) is 11.7 Å². The van der Waals surface area contributed by atoms with Crippen molar-refractivity contribution in [2.24, 2.45) is 0 Å². The second-order valence-corrected chi connectivity index (χ2v) is 5.40. The highest BCUT2D eigenvalue weighted by Gasteiger charge is 2.14. The fourth-order valence-electron chi connectivity index (χ4n) is 2.54. The number of aromatic nitrogens is 3. The Morgan fingerprint density at radius 2 is 1.86 bits per heavy atom. The summed E-state index contributed by atoms with van der Waals surface area (Å²) in [6.07, 6.45) is 3.03. The first-order chi connectivity index (χ1) is 10.1. The molecule has 1 unspecified atom stereocenters. The summed E-state index contributed by atoms with van der Waals surface area (Å²) in [5, 5.41) is 7.56. The average molecular weight is 288 g/mol. The molecule has 0 radical (unpaired) electrons. The highest BCUT2D eigenvalue weighted by Crippen LogP contribution is 2.18. The Kier molecular flexibility index (Phi) is 5.44. The minimum atomic E-state index is 0.397. The number of nitrogens with zero attached hydrogens (tertiary/aromatic N) is 3. The normalized spacial score (nSPS) is 12.6. The van der Waals surface area contributed by atoms with Crippen molar-refractivity contribution in [3.8, 4) is 11.4 Å². The quantitative estimate of drug-likeness (QED) is 0.848. The maximum absolute atomic E-state index is 5.40. The monoisotopic (exact) mass is 288 g/mol. The van der Waals surface area contributed by atoms with E-state index in [1.54, 1.807) is 0 Å². The lowest BCUT2D eigenvalue weighted by atomic mass is 10.1. The van der Waals surface area contributed by atoms with Crippen LogP contribution in [0.3, 0.4) is 0 Å². The zero-order valence-corrected chi connectivity index (χ0v) is 13.3. The van der Waals surface area contributed by atoms with Crippen molar-refractivity contribution < 1.29 is 4.52 Å². The highest BCUT2D eigenvalue weighted by molar-refractivity contribution is 5.55. The molecule has 0 aliphatic carbocycles. The summed E-state index contributed by atoms with van der Waals surface area (Å²) in [5.41, 5.74) is 2.89. The van der Waals surface area contributed by atoms with Crippen LogP contribution in [0, 0.1) is 13.8 Å². The largest absolute Gasteiger partial charge is 0.339 e. The molecule has 2 aromatic heterocycles. The number of nitrogens with one attached hydrogen (secondary N) is 1. The molecule has 0 aliphatic heterocycles. The van der Waals surface area contributed by atoms with Gasteiger partial charge in [-0.1, -0.05) is 25.4 Å². The molecule has 2 heterocycles. The van der Waals surface area contributed by atoms with E-state index in [2.05, 4.69) is 34.3 Å². The Morgan fingerprint density at radius 1 is 1.14 bits per heavy atom. The van der Waals surface area contributed by atoms with Crippen molar-refractivity contribution in [1.29, 1.82) is 0 Å². The van der Waals surface area contributed by atoms with Gasteiger partial charge in [0, 0.05) is 29.4 Å². The maximum Gasteiger partial charge on any atom is 0.228 e. The summed E-state index contributed by atoms with van der Waals surface area (Å²) in [7, 11) is 0. The van der Waals surface area contributed by atoms with E-state index in [1.165, 1.54) is 0 Å². The number of rotatable bonds is 7. The van der Waals surface area contributed by atoms with Crippen molar-refractivity contribution >= 4 is 0 Å². The van der Waals surface area contributed by atoms with E-state index in [1.807, 2.05) is 26.0 Å². The molecule has 114 valence electrons. The second kappa shape index (κ2) is 7.31. The second-order valence-electron chi connectivity index (χ2n) is 5.40. The van der Waals surface area contributed by atoms with Gasteiger partial charge in [0.15, 0.2) is 0 Å². The molecule has 0 aromatic carbocycles. The predicted molar refractivity (Wildman–Crippen MR) is 83.1 cm³/mol. The molecule has 0 spiro atoms. The molecule has 1 atom stereocenters. The first-order valence-electron chi connectivity index (χ1n) is 7.64. The molecular formula is C16H24N4O. The fraction of sp³-hybridized carbons (Fsp3) is 0.562. The van der Waals surface area contributed by atoms with Crippen LogP contribution in [0.25, 0.3) is 11.4 Å². The fourth-order valence-corrected chi connectivity index (χ4v) is 2.54. The van der Waals surface area contributed by atoms with Gasteiger partial charge in [-0.05, 0) is 38.9 Å². The van der Waals surface area contributed by atoms with Crippen LogP contribution in [0.1, 0.15) is 44.0 Å². The summed E-state index contributed by atoms with van der Waals surface area (Å²) in [6, 6.07) is 4.36. The summed E-state index contributed by atoms with van der Waals surface area (Å²) >= 11 is 0. The van der Waals surface area contributed by atoms with Gasteiger partial charge in [-0.25, -0.2) is 0 Å². The molecule has 0 aliphatic rings. The van der Waals surface area contributed by atoms with Gasteiger partial charge in [0.1, 0.15) is 0 Å². The number of aryl methyl sites for hydroxylation is 2. The van der Waals surface area contributed by atoms with Gasteiger partial charge in [-0.3, -0.25) is 4.98 Å². The SMILES string of the molecule is CCCC(Cc1nc(-c2cc(C)nc(C)c2)no1)NCC. The Bertz CT molecular complexity index is 553. The van der Waals surface area contributed by atoms with Crippen molar-refractivity contribution in [2.75, 3.05) is 6.54 Å². The van der Waals surface area contributed by atoms with E-state index < -0.39 is 0 Å². The Balaban J connectivity index is 2.13. The lowest BCUT2D eigenvalue weighted by Crippen LogP contribution is -2.30. The van der Waals surface area contributed by atoms with Gasteiger partial charge in [-0.15, -0.1) is 0 Å². The molecule has 0 saturated heterocycles. The van der Waals surface area contributed by atoms with Crippen molar-refractivity contribution in [3.63, 3.8) is 0 Å². The number of pyridine rings is 1. The summed E-state index contributed by atoms with van der Waals surface area (Å²) < 4.78 is 5.40. The molecule has 0 fully saturated rings. The van der Waals surface area contributed by atoms with Crippen molar-refractivity contribution in [2.45, 2.75) is 53.0 Å². The lowest BCUT2D eigenvalue weighted by Gasteiger charge is -2.14. The van der Waals surface area contributed by atoms with E-state index in [-0.39, 0.29) is 0 Å². The van der Waals surface area contributed by atoms with Gasteiger partial charge in [-0.2, -0.15) is 4.98 Å². The van der Waals surface area contributed by atoms with E-state index in [4.69, 9.17) is 4.52 Å². The number of likely N-dealkylation sites (N-methyl/N-ethyl adjacent to an activating group) is 1. The third-order valence-electron chi connectivity index (χ3n) is 3.36. The van der Waals surface area contributed by atoms with Crippen LogP contribution in [0.5, 0.6) is 0 Å². The van der Waals surface area contributed by atoms with E-state index in [9.17, 15) is 0 Å². The molecule has 2 rings (SSSR count). The van der Waals surface area contributed by atoms with Crippen LogP contribution in [-0.4, -0.2) is 27.7 Å². The number of hydrogen-bond acceptors (Lipinski definition) is 5. The van der Waals surface area contributed by atoms with E-state index in [0.717, 1.165) is 42.8 Å². The third-order valence-corrected chi connectivity index (χ3v) is 3.36. The Morgan fingerprint density at radius 3 is 2.48 bits per heavy atom. The maximum atomic E-state index is 5.40. The predicted octanol–water partition coefficient (Wildman–Crippen LogP) is 3.07. The van der Waals surface area contributed by atoms with Crippen LogP contribution in [0.2, 0.25) is 0 Å². The summed E-state index contributed by atoms with van der Waals surface area (Å²) in [4.78, 5) is 8.89. The van der Waals surface area contributed by atoms with Gasteiger partial charge in [0.25, 0.3) is 0 Å². The Hall–Kier alpha value is -1.75. The minimum Gasteiger partial charge on any atom is -0.339 e. The van der Waals surface area contributed by atoms with Gasteiger partial charge in [0.05, 0.1) is 0 Å². The van der Waals surface area contributed by atoms with Crippen LogP contribution < -0.4 is 5.32 Å². The molecule has 5 heteroatoms. The van der Waals surface area contributed by atoms with Gasteiger partial charge < -0.3 is 9.84 Å². The van der Waals surface area contributed by atoms with Crippen LogP contribution >= 0.6 is 0 Å². The smallest absolute Gasteiger partial charge is 0.228 e. The zero-order chi connectivity index (χ0) is 15.2. The van der Waals surface area contributed by atoms with Crippen molar-refractivity contribution in [3.05, 3.63) is 29.4 Å². The molecule has 5 nitrogen and oxygen atoms in total. The zero-order valence-electron chi connectivity index (χ0n) is 13.3. The molecule has 0 amide bonds. The van der Waals surface area contributed by atoms with Crippen LogP contribution in [-0.2, 0) is 6.42 Å². The molecule has 0 saturated carbocycles.